The van der Waals surface area contributed by atoms with Crippen LogP contribution in [0.25, 0.3) is 39.6 Å². The Morgan fingerprint density at radius 2 is 2.24 bits per heavy atom. The maximum atomic E-state index is 5.22. The monoisotopic (exact) mass is 371 g/mol. The van der Waals surface area contributed by atoms with Gasteiger partial charge in [0.2, 0.25) is 11.5 Å². The van der Waals surface area contributed by atoms with Gasteiger partial charge in [-0.2, -0.15) is 14.2 Å². The SMILES string of the molecule is c1nnc(-c2[nH]ncc2-c2nnnn2-c2nc(-c3ncsn3)cs2)o1. The molecule has 122 valence electrons. The zero-order valence-corrected chi connectivity index (χ0v) is 13.6. The van der Waals surface area contributed by atoms with Gasteiger partial charge in [-0.05, 0) is 22.0 Å². The lowest BCUT2D eigenvalue weighted by molar-refractivity contribution is 0.566. The first kappa shape index (κ1) is 14.0. The van der Waals surface area contributed by atoms with Crippen molar-refractivity contribution in [3.63, 3.8) is 0 Å². The molecule has 0 aliphatic rings. The molecule has 1 N–H and O–H groups in total. The second-order valence-corrected chi connectivity index (χ2v) is 6.03. The van der Waals surface area contributed by atoms with Gasteiger partial charge in [-0.1, -0.05) is 0 Å². The van der Waals surface area contributed by atoms with Crippen molar-refractivity contribution in [2.45, 2.75) is 0 Å². The Hall–Kier alpha value is -3.39. The summed E-state index contributed by atoms with van der Waals surface area (Å²) in [5.74, 6) is 1.29. The average Bonchev–Trinajstić information content (AvgIpc) is 3.48. The van der Waals surface area contributed by atoms with Crippen LogP contribution < -0.4 is 0 Å². The smallest absolute Gasteiger partial charge is 0.266 e. The molecule has 0 saturated carbocycles. The van der Waals surface area contributed by atoms with Gasteiger partial charge in [-0.15, -0.1) is 26.6 Å². The number of hydrogen-bond acceptors (Lipinski definition) is 12. The van der Waals surface area contributed by atoms with Gasteiger partial charge in [-0.25, -0.2) is 9.97 Å². The first-order valence-corrected chi connectivity index (χ1v) is 8.43. The van der Waals surface area contributed by atoms with Gasteiger partial charge >= 0.3 is 0 Å². The predicted molar refractivity (Wildman–Crippen MR) is 84.6 cm³/mol. The van der Waals surface area contributed by atoms with E-state index in [1.54, 1.807) is 11.7 Å². The molecular formula is C11H5N11OS2. The molecule has 0 unspecified atom stereocenters. The molecule has 5 aromatic heterocycles. The molecular weight excluding hydrogens is 366 g/mol. The average molecular weight is 371 g/mol. The van der Waals surface area contributed by atoms with E-state index >= 15 is 0 Å². The molecule has 25 heavy (non-hydrogen) atoms. The van der Waals surface area contributed by atoms with Gasteiger partial charge < -0.3 is 4.42 Å². The summed E-state index contributed by atoms with van der Waals surface area (Å²) in [5.41, 5.74) is 3.44. The highest BCUT2D eigenvalue weighted by atomic mass is 32.1. The Labute approximate surface area is 145 Å². The molecule has 0 saturated heterocycles. The summed E-state index contributed by atoms with van der Waals surface area (Å²) in [7, 11) is 0. The minimum atomic E-state index is 0.286. The molecule has 0 aliphatic heterocycles. The zero-order chi connectivity index (χ0) is 16.6. The lowest BCUT2D eigenvalue weighted by Gasteiger charge is -1.99. The molecule has 12 nitrogen and oxygen atoms in total. The van der Waals surface area contributed by atoms with E-state index in [9.17, 15) is 0 Å². The van der Waals surface area contributed by atoms with E-state index in [-0.39, 0.29) is 5.89 Å². The van der Waals surface area contributed by atoms with Crippen LogP contribution in [0.1, 0.15) is 0 Å². The Kier molecular flexibility index (Phi) is 3.14. The summed E-state index contributed by atoms with van der Waals surface area (Å²) in [5, 5.41) is 28.6. The van der Waals surface area contributed by atoms with E-state index in [1.807, 2.05) is 5.38 Å². The normalized spacial score (nSPS) is 11.2. The third-order valence-electron chi connectivity index (χ3n) is 3.19. The fourth-order valence-electron chi connectivity index (χ4n) is 2.13. The van der Waals surface area contributed by atoms with Crippen molar-refractivity contribution in [1.29, 1.82) is 0 Å². The van der Waals surface area contributed by atoms with Crippen LogP contribution in [0, 0.1) is 0 Å². The number of hydrogen-bond donors (Lipinski definition) is 1. The standard InChI is InChI=1S/C11H5N11OS2/c1-5(7(16-13-1)10-18-14-3-23-10)9-17-20-21-22(9)11-15-6(2-24-11)8-12-4-25-19-8/h1-4H,(H,13,16). The van der Waals surface area contributed by atoms with E-state index in [0.29, 0.717) is 33.7 Å². The highest BCUT2D eigenvalue weighted by Crippen LogP contribution is 2.29. The second kappa shape index (κ2) is 5.60. The number of nitrogens with one attached hydrogen (secondary N) is 1. The molecule has 5 heterocycles. The first-order valence-electron chi connectivity index (χ1n) is 6.71. The van der Waals surface area contributed by atoms with Gasteiger partial charge in [0.1, 0.15) is 16.9 Å². The van der Waals surface area contributed by atoms with Crippen LogP contribution in [0.4, 0.5) is 0 Å². The van der Waals surface area contributed by atoms with E-state index < -0.39 is 0 Å². The lowest BCUT2D eigenvalue weighted by atomic mass is 10.2. The molecule has 5 aromatic rings. The highest BCUT2D eigenvalue weighted by molar-refractivity contribution is 7.12. The fraction of sp³-hybridized carbons (Fsp3) is 0. The molecule has 0 aliphatic carbocycles. The highest BCUT2D eigenvalue weighted by Gasteiger charge is 2.22. The van der Waals surface area contributed by atoms with E-state index in [0.717, 1.165) is 0 Å². The Morgan fingerprint density at radius 3 is 3.08 bits per heavy atom. The topological polar surface area (TPSA) is 150 Å². The molecule has 0 spiro atoms. The maximum Gasteiger partial charge on any atom is 0.266 e. The Balaban J connectivity index is 1.59. The molecule has 0 radical (unpaired) electrons. The van der Waals surface area contributed by atoms with Gasteiger partial charge in [0.15, 0.2) is 11.6 Å². The zero-order valence-electron chi connectivity index (χ0n) is 12.0. The number of aromatic amines is 1. The van der Waals surface area contributed by atoms with Crippen molar-refractivity contribution in [3.05, 3.63) is 23.5 Å². The molecule has 0 amide bonds. The summed E-state index contributed by atoms with van der Waals surface area (Å²) in [4.78, 5) is 8.65. The lowest BCUT2D eigenvalue weighted by Crippen LogP contribution is -2.00. The predicted octanol–water partition coefficient (Wildman–Crippen LogP) is 1.08. The molecule has 5 rings (SSSR count). The molecule has 0 fully saturated rings. The van der Waals surface area contributed by atoms with Crippen LogP contribution in [0.5, 0.6) is 0 Å². The van der Waals surface area contributed by atoms with Gasteiger partial charge in [0, 0.05) is 5.38 Å². The van der Waals surface area contributed by atoms with Crippen LogP contribution in [-0.2, 0) is 0 Å². The van der Waals surface area contributed by atoms with E-state index in [4.69, 9.17) is 4.42 Å². The summed E-state index contributed by atoms with van der Waals surface area (Å²) >= 11 is 2.64. The fourth-order valence-corrected chi connectivity index (χ4v) is 3.32. The minimum Gasteiger partial charge on any atom is -0.422 e. The van der Waals surface area contributed by atoms with Crippen molar-refractivity contribution in [2.24, 2.45) is 0 Å². The first-order chi connectivity index (χ1) is 12.4. The quantitative estimate of drug-likeness (QED) is 0.486. The van der Waals surface area contributed by atoms with Gasteiger partial charge in [-0.3, -0.25) is 5.10 Å². The van der Waals surface area contributed by atoms with Gasteiger partial charge in [0.25, 0.3) is 5.89 Å². The van der Waals surface area contributed by atoms with Crippen molar-refractivity contribution in [2.75, 3.05) is 0 Å². The van der Waals surface area contributed by atoms with Crippen molar-refractivity contribution < 1.29 is 4.42 Å². The Morgan fingerprint density at radius 1 is 1.24 bits per heavy atom. The molecule has 14 heteroatoms. The second-order valence-electron chi connectivity index (χ2n) is 4.59. The molecule has 0 atom stereocenters. The summed E-state index contributed by atoms with van der Waals surface area (Å²) < 4.78 is 10.9. The van der Waals surface area contributed by atoms with Crippen molar-refractivity contribution in [3.8, 4) is 39.6 Å². The van der Waals surface area contributed by atoms with Crippen LogP contribution >= 0.6 is 22.9 Å². The van der Waals surface area contributed by atoms with Crippen LogP contribution in [0.2, 0.25) is 0 Å². The molecule has 0 bridgehead atoms. The number of tetrazole rings is 1. The number of H-pyrrole nitrogens is 1. The van der Waals surface area contributed by atoms with Crippen LogP contribution in [0.15, 0.2) is 27.9 Å². The number of aromatic nitrogens is 11. The number of rotatable bonds is 4. The summed E-state index contributed by atoms with van der Waals surface area (Å²) in [6.45, 7) is 0. The summed E-state index contributed by atoms with van der Waals surface area (Å²) in [6, 6.07) is 0. The Bertz CT molecular complexity index is 1110. The third-order valence-corrected chi connectivity index (χ3v) is 4.48. The van der Waals surface area contributed by atoms with Gasteiger partial charge in [0.05, 0.1) is 11.8 Å². The number of nitrogens with zero attached hydrogens (tertiary/aromatic N) is 10. The number of thiazole rings is 1. The minimum absolute atomic E-state index is 0.286. The van der Waals surface area contributed by atoms with Crippen LogP contribution in [-0.4, -0.2) is 54.9 Å². The van der Waals surface area contributed by atoms with Crippen molar-refractivity contribution >= 4 is 22.9 Å². The van der Waals surface area contributed by atoms with Crippen LogP contribution in [0.3, 0.4) is 0 Å². The van der Waals surface area contributed by atoms with E-state index in [2.05, 4.69) is 50.3 Å². The third kappa shape index (κ3) is 2.31. The largest absolute Gasteiger partial charge is 0.422 e. The van der Waals surface area contributed by atoms with Crippen molar-refractivity contribution in [1.82, 2.24) is 54.9 Å². The summed E-state index contributed by atoms with van der Waals surface area (Å²) in [6.07, 6.45) is 2.81. The maximum absolute atomic E-state index is 5.22. The molecule has 0 aromatic carbocycles. The van der Waals surface area contributed by atoms with E-state index in [1.165, 1.54) is 33.9 Å².